The lowest BCUT2D eigenvalue weighted by Gasteiger charge is -2.17. The van der Waals surface area contributed by atoms with E-state index in [4.69, 9.17) is 5.11 Å². The smallest absolute Gasteiger partial charge is 0.254 e. The van der Waals surface area contributed by atoms with Crippen LogP contribution in [0.15, 0.2) is 12.1 Å². The van der Waals surface area contributed by atoms with Gasteiger partial charge in [-0.15, -0.1) is 0 Å². The summed E-state index contributed by atoms with van der Waals surface area (Å²) in [7, 11) is 0. The van der Waals surface area contributed by atoms with Crippen molar-refractivity contribution in [3.05, 3.63) is 23.4 Å². The Balaban J connectivity index is 2.13. The van der Waals surface area contributed by atoms with Gasteiger partial charge in [0.1, 0.15) is 5.82 Å². The van der Waals surface area contributed by atoms with Crippen LogP contribution in [0.25, 0.3) is 0 Å². The molecule has 1 aromatic heterocycles. The van der Waals surface area contributed by atoms with E-state index in [9.17, 15) is 4.79 Å². The van der Waals surface area contributed by atoms with E-state index < -0.39 is 0 Å². The Kier molecular flexibility index (Phi) is 5.56. The molecule has 116 valence electrons. The van der Waals surface area contributed by atoms with E-state index in [0.717, 1.165) is 50.4 Å². The van der Waals surface area contributed by atoms with E-state index in [1.165, 1.54) is 0 Å². The van der Waals surface area contributed by atoms with Crippen LogP contribution in [0.1, 0.15) is 42.7 Å². The normalized spacial score (nSPS) is 18.0. The molecule has 1 aliphatic heterocycles. The molecule has 1 amide bonds. The summed E-state index contributed by atoms with van der Waals surface area (Å²) in [4.78, 5) is 19.0. The van der Waals surface area contributed by atoms with E-state index >= 15 is 0 Å². The zero-order chi connectivity index (χ0) is 15.2. The van der Waals surface area contributed by atoms with Crippen molar-refractivity contribution in [3.8, 4) is 0 Å². The molecule has 1 fully saturated rings. The van der Waals surface area contributed by atoms with Gasteiger partial charge < -0.3 is 15.3 Å². The average Bonchev–Trinajstić information content (AvgIpc) is 2.95. The minimum Gasteiger partial charge on any atom is -0.396 e. The number of likely N-dealkylation sites (tertiary alicyclic amines) is 1. The quantitative estimate of drug-likeness (QED) is 0.840. The molecule has 0 aliphatic carbocycles. The Labute approximate surface area is 126 Å². The molecule has 1 aromatic rings. The van der Waals surface area contributed by atoms with E-state index in [2.05, 4.69) is 10.3 Å². The number of aryl methyl sites for hydroxylation is 1. The Morgan fingerprint density at radius 3 is 2.95 bits per heavy atom. The van der Waals surface area contributed by atoms with Gasteiger partial charge in [-0.05, 0) is 44.2 Å². The topological polar surface area (TPSA) is 65.5 Å². The number of hydrogen-bond donors (Lipinski definition) is 2. The van der Waals surface area contributed by atoms with Gasteiger partial charge in [0, 0.05) is 37.5 Å². The van der Waals surface area contributed by atoms with Gasteiger partial charge in [-0.1, -0.05) is 6.92 Å². The van der Waals surface area contributed by atoms with Gasteiger partial charge >= 0.3 is 0 Å². The second-order valence-corrected chi connectivity index (χ2v) is 5.53. The monoisotopic (exact) mass is 291 g/mol. The summed E-state index contributed by atoms with van der Waals surface area (Å²) < 4.78 is 0. The van der Waals surface area contributed by atoms with Crippen molar-refractivity contribution >= 4 is 11.7 Å². The number of aliphatic hydroxyl groups is 1. The number of carbonyl (C=O) groups is 1. The van der Waals surface area contributed by atoms with Crippen molar-refractivity contribution in [3.63, 3.8) is 0 Å². The standard InChI is InChI=1S/C16H25N3O2/c1-3-14-9-13(10-15(18-14)17-4-2)16(21)19-7-5-12(11-19)6-8-20/h9-10,12,20H,3-8,11H2,1-2H3,(H,17,18). The summed E-state index contributed by atoms with van der Waals surface area (Å²) >= 11 is 0. The lowest BCUT2D eigenvalue weighted by Crippen LogP contribution is -2.29. The third-order valence-electron chi connectivity index (χ3n) is 3.96. The van der Waals surface area contributed by atoms with Crippen molar-refractivity contribution in [1.82, 2.24) is 9.88 Å². The predicted molar refractivity (Wildman–Crippen MR) is 83.5 cm³/mol. The van der Waals surface area contributed by atoms with Crippen LogP contribution in [0.3, 0.4) is 0 Å². The van der Waals surface area contributed by atoms with E-state index in [-0.39, 0.29) is 12.5 Å². The fourth-order valence-electron chi connectivity index (χ4n) is 2.78. The molecule has 21 heavy (non-hydrogen) atoms. The van der Waals surface area contributed by atoms with Crippen LogP contribution in [-0.2, 0) is 6.42 Å². The molecule has 2 N–H and O–H groups in total. The molecule has 0 saturated carbocycles. The minimum atomic E-state index is 0.0756. The summed E-state index contributed by atoms with van der Waals surface area (Å²) in [6.07, 6.45) is 2.58. The van der Waals surface area contributed by atoms with Gasteiger partial charge in [-0.25, -0.2) is 4.98 Å². The lowest BCUT2D eigenvalue weighted by molar-refractivity contribution is 0.0784. The highest BCUT2D eigenvalue weighted by molar-refractivity contribution is 5.95. The molecule has 5 nitrogen and oxygen atoms in total. The number of hydrogen-bond acceptors (Lipinski definition) is 4. The Bertz CT molecular complexity index is 490. The minimum absolute atomic E-state index is 0.0756. The molecule has 0 bridgehead atoms. The average molecular weight is 291 g/mol. The SMILES string of the molecule is CCNc1cc(C(=O)N2CCC(CCO)C2)cc(CC)n1. The fourth-order valence-corrected chi connectivity index (χ4v) is 2.78. The number of carbonyl (C=O) groups excluding carboxylic acids is 1. The predicted octanol–water partition coefficient (Wildman–Crippen LogP) is 1.92. The van der Waals surface area contributed by atoms with Crippen LogP contribution in [0.5, 0.6) is 0 Å². The second kappa shape index (κ2) is 7.41. The first kappa shape index (κ1) is 15.8. The van der Waals surface area contributed by atoms with Crippen LogP contribution >= 0.6 is 0 Å². The van der Waals surface area contributed by atoms with Gasteiger partial charge in [0.15, 0.2) is 0 Å². The van der Waals surface area contributed by atoms with Crippen LogP contribution in [0.4, 0.5) is 5.82 Å². The number of nitrogens with zero attached hydrogens (tertiary/aromatic N) is 2. The second-order valence-electron chi connectivity index (χ2n) is 5.53. The van der Waals surface area contributed by atoms with Gasteiger partial charge in [-0.2, -0.15) is 0 Å². The Morgan fingerprint density at radius 2 is 2.29 bits per heavy atom. The van der Waals surface area contributed by atoms with Crippen LogP contribution in [0, 0.1) is 5.92 Å². The lowest BCUT2D eigenvalue weighted by atomic mass is 10.1. The van der Waals surface area contributed by atoms with Gasteiger partial charge in [0.2, 0.25) is 0 Å². The third kappa shape index (κ3) is 3.94. The summed E-state index contributed by atoms with van der Waals surface area (Å²) in [5, 5.41) is 12.2. The van der Waals surface area contributed by atoms with Crippen molar-refractivity contribution < 1.29 is 9.90 Å². The number of aromatic nitrogens is 1. The molecule has 1 aliphatic rings. The number of nitrogens with one attached hydrogen (secondary N) is 1. The van der Waals surface area contributed by atoms with Gasteiger partial charge in [0.25, 0.3) is 5.91 Å². The Morgan fingerprint density at radius 1 is 1.48 bits per heavy atom. The van der Waals surface area contributed by atoms with Gasteiger partial charge in [-0.3, -0.25) is 4.79 Å². The van der Waals surface area contributed by atoms with Gasteiger partial charge in [0.05, 0.1) is 0 Å². The first-order valence-corrected chi connectivity index (χ1v) is 7.82. The van der Waals surface area contributed by atoms with Crippen molar-refractivity contribution in [2.75, 3.05) is 31.6 Å². The maximum Gasteiger partial charge on any atom is 0.254 e. The zero-order valence-electron chi connectivity index (χ0n) is 12.9. The number of rotatable bonds is 6. The molecule has 0 spiro atoms. The van der Waals surface area contributed by atoms with Crippen LogP contribution < -0.4 is 5.32 Å². The number of aliphatic hydroxyl groups excluding tert-OH is 1. The number of amides is 1. The maximum absolute atomic E-state index is 12.6. The summed E-state index contributed by atoms with van der Waals surface area (Å²) in [5.74, 6) is 1.28. The molecule has 1 unspecified atom stereocenters. The highest BCUT2D eigenvalue weighted by Gasteiger charge is 2.26. The molecular formula is C16H25N3O2. The van der Waals surface area contributed by atoms with Crippen molar-refractivity contribution in [1.29, 1.82) is 0 Å². The van der Waals surface area contributed by atoms with Crippen LogP contribution in [-0.4, -0.2) is 47.1 Å². The molecule has 1 atom stereocenters. The van der Waals surface area contributed by atoms with Crippen LogP contribution in [0.2, 0.25) is 0 Å². The molecule has 2 heterocycles. The molecule has 1 saturated heterocycles. The molecule has 5 heteroatoms. The third-order valence-corrected chi connectivity index (χ3v) is 3.96. The highest BCUT2D eigenvalue weighted by atomic mass is 16.3. The maximum atomic E-state index is 12.6. The molecular weight excluding hydrogens is 266 g/mol. The van der Waals surface area contributed by atoms with E-state index in [1.807, 2.05) is 30.9 Å². The van der Waals surface area contributed by atoms with E-state index in [0.29, 0.717) is 11.5 Å². The van der Waals surface area contributed by atoms with Crippen molar-refractivity contribution in [2.24, 2.45) is 5.92 Å². The number of anilines is 1. The molecule has 0 aromatic carbocycles. The Hall–Kier alpha value is -1.62. The molecule has 0 radical (unpaired) electrons. The highest BCUT2D eigenvalue weighted by Crippen LogP contribution is 2.22. The van der Waals surface area contributed by atoms with E-state index in [1.54, 1.807) is 0 Å². The first-order chi connectivity index (χ1) is 10.2. The first-order valence-electron chi connectivity index (χ1n) is 7.82. The summed E-state index contributed by atoms with van der Waals surface area (Å²) in [6, 6.07) is 3.73. The largest absolute Gasteiger partial charge is 0.396 e. The molecule has 2 rings (SSSR count). The summed E-state index contributed by atoms with van der Waals surface area (Å²) in [6.45, 7) is 6.58. The fraction of sp³-hybridized carbons (Fsp3) is 0.625. The zero-order valence-corrected chi connectivity index (χ0v) is 12.9. The number of pyridine rings is 1. The summed E-state index contributed by atoms with van der Waals surface area (Å²) in [5.41, 5.74) is 1.64. The van der Waals surface area contributed by atoms with Crippen molar-refractivity contribution in [2.45, 2.75) is 33.1 Å².